The highest BCUT2D eigenvalue weighted by molar-refractivity contribution is 7.91. The molecular weight excluding hydrogens is 776 g/mol. The number of fused-ring (bicyclic) bond motifs is 1. The molecule has 2 fully saturated rings. The van der Waals surface area contributed by atoms with E-state index < -0.39 is 51.0 Å². The van der Waals surface area contributed by atoms with Crippen LogP contribution < -0.4 is 21.3 Å². The Kier molecular flexibility index (Phi) is 17.3. The molecule has 2 unspecified atom stereocenters. The van der Waals surface area contributed by atoms with Crippen molar-refractivity contribution in [3.8, 4) is 0 Å². The van der Waals surface area contributed by atoms with Crippen molar-refractivity contribution in [2.75, 3.05) is 48.9 Å². The number of unbranched alkanes of at least 4 members (excludes halogenated alkanes) is 9. The van der Waals surface area contributed by atoms with Gasteiger partial charge in [0.2, 0.25) is 29.5 Å². The van der Waals surface area contributed by atoms with Gasteiger partial charge in [-0.1, -0.05) is 65.2 Å². The second kappa shape index (κ2) is 21.6. The number of alkyl halides is 1. The first kappa shape index (κ1) is 45.6. The van der Waals surface area contributed by atoms with Crippen LogP contribution in [0.2, 0.25) is 0 Å². The number of piperidine rings is 1. The van der Waals surface area contributed by atoms with Gasteiger partial charge in [0.15, 0.2) is 9.84 Å². The van der Waals surface area contributed by atoms with Crippen LogP contribution in [0.1, 0.15) is 131 Å². The molecule has 4 rings (SSSR count). The lowest BCUT2D eigenvalue weighted by atomic mass is 9.91. The van der Waals surface area contributed by atoms with Crippen LogP contribution in [-0.4, -0.2) is 115 Å². The number of anilines is 1. The average molecular weight is 835 g/mol. The largest absolute Gasteiger partial charge is 0.385 e. The minimum Gasteiger partial charge on any atom is -0.385 e. The molecule has 0 saturated carbocycles. The zero-order valence-corrected chi connectivity index (χ0v) is 34.9. The maximum atomic E-state index is 13.0. The van der Waals surface area contributed by atoms with Gasteiger partial charge in [-0.15, -0.1) is 11.6 Å². The summed E-state index contributed by atoms with van der Waals surface area (Å²) in [7, 11) is -3.18. The summed E-state index contributed by atoms with van der Waals surface area (Å²) in [5.74, 6) is -3.08. The smallest absolute Gasteiger partial charge is 0.262 e. The van der Waals surface area contributed by atoms with E-state index in [1.165, 1.54) is 11.3 Å². The number of benzene rings is 1. The fourth-order valence-corrected chi connectivity index (χ4v) is 9.37. The molecule has 0 aliphatic carbocycles. The number of hydrogen-bond acceptors (Lipinski definition) is 10. The van der Waals surface area contributed by atoms with Crippen LogP contribution in [0.4, 0.5) is 5.69 Å². The molecule has 4 N–H and O–H groups in total. The van der Waals surface area contributed by atoms with Crippen LogP contribution in [0, 0.1) is 5.41 Å². The van der Waals surface area contributed by atoms with Crippen molar-refractivity contribution in [3.05, 3.63) is 29.3 Å². The van der Waals surface area contributed by atoms with Gasteiger partial charge in [-0.2, -0.15) is 0 Å². The molecular formula is C40H59ClN6O9S. The summed E-state index contributed by atoms with van der Waals surface area (Å²) in [6.45, 7) is 5.61. The molecule has 0 bridgehead atoms. The van der Waals surface area contributed by atoms with Gasteiger partial charge in [0.05, 0.1) is 22.6 Å². The van der Waals surface area contributed by atoms with Crippen LogP contribution >= 0.6 is 11.6 Å². The summed E-state index contributed by atoms with van der Waals surface area (Å²) in [4.78, 5) is 89.4. The Labute approximate surface area is 341 Å². The summed E-state index contributed by atoms with van der Waals surface area (Å²) < 4.78 is 23.9. The summed E-state index contributed by atoms with van der Waals surface area (Å²) in [6, 6.07) is 3.64. The van der Waals surface area contributed by atoms with Gasteiger partial charge in [-0.3, -0.25) is 43.8 Å². The van der Waals surface area contributed by atoms with E-state index in [0.29, 0.717) is 13.0 Å². The second-order valence-corrected chi connectivity index (χ2v) is 18.7. The first-order chi connectivity index (χ1) is 27.1. The predicted octanol–water partition coefficient (Wildman–Crippen LogP) is 3.69. The van der Waals surface area contributed by atoms with Gasteiger partial charge in [0.1, 0.15) is 11.9 Å². The SMILES string of the molecule is CC(C)(CNC(=O)CCC(=O)NCCCCCCCCCCCCNc1ccc2c(c1)C(=O)N(C1CCC(=O)NC1=O)C2=O)CN(C(=O)CCl)C1CCS(=O)(=O)C1. The highest BCUT2D eigenvalue weighted by Crippen LogP contribution is 2.30. The number of nitrogens with zero attached hydrogens (tertiary/aromatic N) is 2. The highest BCUT2D eigenvalue weighted by atomic mass is 35.5. The first-order valence-corrected chi connectivity index (χ1v) is 22.6. The number of carbonyl (C=O) groups is 7. The third-order valence-electron chi connectivity index (χ3n) is 10.7. The molecule has 0 aromatic heterocycles. The topological polar surface area (TPSA) is 208 Å². The summed E-state index contributed by atoms with van der Waals surface area (Å²) in [6.07, 6.45) is 11.5. The minimum absolute atomic E-state index is 0.0465. The molecule has 2 atom stereocenters. The molecule has 3 heterocycles. The fraction of sp³-hybridized carbons (Fsp3) is 0.675. The number of imide groups is 2. The molecule has 316 valence electrons. The number of amides is 7. The van der Waals surface area contributed by atoms with Gasteiger partial charge in [0.25, 0.3) is 11.8 Å². The molecule has 15 nitrogen and oxygen atoms in total. The quantitative estimate of drug-likeness (QED) is 0.0675. The number of sulfone groups is 1. The Hall–Kier alpha value is -4.05. The standard InChI is InChI=1S/C40H59ClN6O9S/c1-40(2,27-46(36(51)24-41)29-19-22-57(55,56)25-29)26-44-34(49)18-17-33(48)43-21-12-10-8-6-4-3-5-7-9-11-20-42-28-13-14-30-31(23-28)39(54)47(38(30)53)32-15-16-35(50)45-37(32)52/h13-14,23,29,32,42H,3-12,15-22,24-27H2,1-2H3,(H,43,48)(H,44,49)(H,45,50,52). The van der Waals surface area contributed by atoms with Crippen LogP contribution in [0.5, 0.6) is 0 Å². The molecule has 1 aromatic rings. The van der Waals surface area contributed by atoms with Crippen molar-refractivity contribution in [1.29, 1.82) is 0 Å². The Balaban J connectivity index is 0.962. The van der Waals surface area contributed by atoms with Gasteiger partial charge in [0, 0.05) is 57.2 Å². The fourth-order valence-electron chi connectivity index (χ4n) is 7.48. The number of nitrogens with one attached hydrogen (secondary N) is 4. The Bertz CT molecular complexity index is 1750. The van der Waals surface area contributed by atoms with E-state index in [4.69, 9.17) is 11.6 Å². The Morgan fingerprint density at radius 3 is 2.04 bits per heavy atom. The molecule has 3 aliphatic heterocycles. The van der Waals surface area contributed by atoms with Crippen LogP contribution in [-0.2, 0) is 33.8 Å². The number of rotatable bonds is 24. The number of carbonyl (C=O) groups excluding carboxylic acids is 7. The zero-order valence-electron chi connectivity index (χ0n) is 33.3. The lowest BCUT2D eigenvalue weighted by Gasteiger charge is -2.36. The van der Waals surface area contributed by atoms with E-state index in [0.717, 1.165) is 74.9 Å². The normalized spacial score (nSPS) is 19.0. The molecule has 7 amide bonds. The van der Waals surface area contributed by atoms with Crippen molar-refractivity contribution in [1.82, 2.24) is 25.8 Å². The van der Waals surface area contributed by atoms with Crippen molar-refractivity contribution >= 4 is 68.5 Å². The van der Waals surface area contributed by atoms with Crippen molar-refractivity contribution in [3.63, 3.8) is 0 Å². The first-order valence-electron chi connectivity index (χ1n) is 20.3. The highest BCUT2D eigenvalue weighted by Gasteiger charge is 2.44. The van der Waals surface area contributed by atoms with Crippen molar-refractivity contribution < 1.29 is 42.0 Å². The lowest BCUT2D eigenvalue weighted by Crippen LogP contribution is -2.54. The van der Waals surface area contributed by atoms with Gasteiger partial charge < -0.3 is 20.9 Å². The van der Waals surface area contributed by atoms with Crippen LogP contribution in [0.3, 0.4) is 0 Å². The maximum absolute atomic E-state index is 13.0. The van der Waals surface area contributed by atoms with E-state index in [1.54, 1.807) is 18.2 Å². The van der Waals surface area contributed by atoms with Crippen LogP contribution in [0.15, 0.2) is 18.2 Å². The molecule has 17 heteroatoms. The molecule has 1 aromatic carbocycles. The van der Waals surface area contributed by atoms with Gasteiger partial charge in [-0.05, 0) is 49.3 Å². The number of halogens is 1. The van der Waals surface area contributed by atoms with Gasteiger partial charge in [-0.25, -0.2) is 8.42 Å². The monoisotopic (exact) mass is 834 g/mol. The maximum Gasteiger partial charge on any atom is 0.262 e. The minimum atomic E-state index is -3.18. The third kappa shape index (κ3) is 14.1. The lowest BCUT2D eigenvalue weighted by molar-refractivity contribution is -0.136. The summed E-state index contributed by atoms with van der Waals surface area (Å²) in [5.41, 5.74) is 0.745. The van der Waals surface area contributed by atoms with Crippen molar-refractivity contribution in [2.45, 2.75) is 122 Å². The van der Waals surface area contributed by atoms with E-state index in [1.807, 2.05) is 13.8 Å². The molecule has 2 saturated heterocycles. The van der Waals surface area contributed by atoms with E-state index in [9.17, 15) is 42.0 Å². The molecule has 3 aliphatic rings. The number of hydrogen-bond donors (Lipinski definition) is 4. The molecule has 0 radical (unpaired) electrons. The average Bonchev–Trinajstić information content (AvgIpc) is 3.65. The Morgan fingerprint density at radius 1 is 0.842 bits per heavy atom. The van der Waals surface area contributed by atoms with E-state index >= 15 is 0 Å². The molecule has 57 heavy (non-hydrogen) atoms. The van der Waals surface area contributed by atoms with E-state index in [2.05, 4.69) is 21.3 Å². The third-order valence-corrected chi connectivity index (χ3v) is 12.7. The Morgan fingerprint density at radius 2 is 1.44 bits per heavy atom. The van der Waals surface area contributed by atoms with Gasteiger partial charge >= 0.3 is 0 Å². The summed E-state index contributed by atoms with van der Waals surface area (Å²) >= 11 is 5.80. The molecule has 0 spiro atoms. The van der Waals surface area contributed by atoms with E-state index in [-0.39, 0.29) is 85.0 Å². The second-order valence-electron chi connectivity index (χ2n) is 16.2. The zero-order chi connectivity index (χ0) is 41.6. The summed E-state index contributed by atoms with van der Waals surface area (Å²) in [5, 5.41) is 11.3. The van der Waals surface area contributed by atoms with Crippen LogP contribution in [0.25, 0.3) is 0 Å². The van der Waals surface area contributed by atoms with Crippen molar-refractivity contribution in [2.24, 2.45) is 5.41 Å². The predicted molar refractivity (Wildman–Crippen MR) is 216 cm³/mol.